The highest BCUT2D eigenvalue weighted by Gasteiger charge is 2.31. The molecule has 0 saturated carbocycles. The number of hydrogen-bond donors (Lipinski definition) is 0. The van der Waals surface area contributed by atoms with Crippen LogP contribution < -0.4 is 9.47 Å². The molecule has 5 rings (SSSR count). The Hall–Kier alpha value is -3.71. The van der Waals surface area contributed by atoms with Gasteiger partial charge < -0.3 is 9.47 Å². The normalized spacial score (nSPS) is 14.4. The molecular weight excluding hydrogens is 426 g/mol. The van der Waals surface area contributed by atoms with Crippen LogP contribution in [0.15, 0.2) is 72.8 Å². The van der Waals surface area contributed by atoms with Gasteiger partial charge in [0.25, 0.3) is 0 Å². The lowest BCUT2D eigenvalue weighted by molar-refractivity contribution is 0.194. The van der Waals surface area contributed by atoms with Crippen LogP contribution in [0.25, 0.3) is 0 Å². The number of methoxy groups -OCH3 is 2. The zero-order valence-corrected chi connectivity index (χ0v) is 19.6. The third-order valence-corrected chi connectivity index (χ3v) is 6.51. The van der Waals surface area contributed by atoms with E-state index < -0.39 is 0 Å². The summed E-state index contributed by atoms with van der Waals surface area (Å²) in [6, 6.07) is 25.1. The predicted molar refractivity (Wildman–Crippen MR) is 130 cm³/mol. The summed E-state index contributed by atoms with van der Waals surface area (Å²) in [7, 11) is 3.32. The van der Waals surface area contributed by atoms with Crippen molar-refractivity contribution >= 4 is 0 Å². The molecule has 7 nitrogen and oxygen atoms in total. The summed E-state index contributed by atoms with van der Waals surface area (Å²) in [5, 5.41) is 13.0. The van der Waals surface area contributed by atoms with Crippen LogP contribution in [0.5, 0.6) is 11.5 Å². The van der Waals surface area contributed by atoms with Gasteiger partial charge in [-0.1, -0.05) is 60.7 Å². The van der Waals surface area contributed by atoms with E-state index in [9.17, 15) is 0 Å². The Balaban J connectivity index is 1.51. The lowest BCUT2D eigenvalue weighted by Gasteiger charge is -2.35. The van der Waals surface area contributed by atoms with Gasteiger partial charge >= 0.3 is 0 Å². The van der Waals surface area contributed by atoms with E-state index in [2.05, 4.69) is 75.0 Å². The third kappa shape index (κ3) is 4.52. The molecule has 0 N–H and O–H groups in total. The second kappa shape index (κ2) is 10.1. The number of tetrazole rings is 1. The monoisotopic (exact) mass is 455 g/mol. The number of ether oxygens (including phenoxy) is 2. The first kappa shape index (κ1) is 22.1. The molecule has 0 fully saturated rings. The molecule has 1 unspecified atom stereocenters. The molecule has 34 heavy (non-hydrogen) atoms. The van der Waals surface area contributed by atoms with Crippen LogP contribution in [0.2, 0.25) is 0 Å². The van der Waals surface area contributed by atoms with Crippen molar-refractivity contribution in [2.45, 2.75) is 32.0 Å². The lowest BCUT2D eigenvalue weighted by Crippen LogP contribution is -2.36. The number of benzene rings is 3. The Kier molecular flexibility index (Phi) is 6.53. The van der Waals surface area contributed by atoms with E-state index in [-0.39, 0.29) is 6.04 Å². The van der Waals surface area contributed by atoms with Crippen molar-refractivity contribution < 1.29 is 9.47 Å². The quantitative estimate of drug-likeness (QED) is 0.399. The van der Waals surface area contributed by atoms with Crippen molar-refractivity contribution in [3.63, 3.8) is 0 Å². The maximum Gasteiger partial charge on any atom is 0.173 e. The molecule has 3 aromatic carbocycles. The van der Waals surface area contributed by atoms with Crippen molar-refractivity contribution in [1.29, 1.82) is 0 Å². The van der Waals surface area contributed by atoms with Gasteiger partial charge in [0.2, 0.25) is 0 Å². The highest BCUT2D eigenvalue weighted by molar-refractivity contribution is 5.45. The Morgan fingerprint density at radius 2 is 1.65 bits per heavy atom. The Morgan fingerprint density at radius 3 is 2.44 bits per heavy atom. The summed E-state index contributed by atoms with van der Waals surface area (Å²) >= 11 is 0. The summed E-state index contributed by atoms with van der Waals surface area (Å²) in [5.41, 5.74) is 5.10. The number of fused-ring (bicyclic) bond motifs is 1. The first-order chi connectivity index (χ1) is 16.8. The first-order valence-electron chi connectivity index (χ1n) is 11.6. The molecule has 7 heteroatoms. The van der Waals surface area contributed by atoms with Crippen molar-refractivity contribution in [1.82, 2.24) is 25.1 Å². The smallest absolute Gasteiger partial charge is 0.173 e. The highest BCUT2D eigenvalue weighted by atomic mass is 16.5. The second-order valence-electron chi connectivity index (χ2n) is 8.50. The maximum atomic E-state index is 5.62. The molecule has 1 aliphatic heterocycles. The number of aryl methyl sites for hydroxylation is 2. The van der Waals surface area contributed by atoms with Crippen molar-refractivity contribution in [2.24, 2.45) is 0 Å². The molecule has 0 amide bonds. The van der Waals surface area contributed by atoms with Crippen LogP contribution in [-0.4, -0.2) is 45.9 Å². The van der Waals surface area contributed by atoms with E-state index in [0.29, 0.717) is 18.0 Å². The topological polar surface area (TPSA) is 65.3 Å². The SMILES string of the molecule is COc1ccc(C(c2nnnn2CCc2ccccc2)N2CCc3ccccc3C2)cc1OC. The van der Waals surface area contributed by atoms with E-state index in [0.717, 1.165) is 37.3 Å². The summed E-state index contributed by atoms with van der Waals surface area (Å²) in [5.74, 6) is 2.24. The van der Waals surface area contributed by atoms with Crippen LogP contribution in [0.1, 0.15) is 34.1 Å². The van der Waals surface area contributed by atoms with E-state index in [4.69, 9.17) is 9.47 Å². The van der Waals surface area contributed by atoms with Crippen LogP contribution in [0.4, 0.5) is 0 Å². The standard InChI is InChI=1S/C27H29N5O2/c1-33-24-13-12-22(18-25(24)34-2)26(31-16-15-21-10-6-7-11-23(21)19-31)27-28-29-30-32(27)17-14-20-8-4-3-5-9-20/h3-13,18,26H,14-17,19H2,1-2H3. The summed E-state index contributed by atoms with van der Waals surface area (Å²) < 4.78 is 13.0. The summed E-state index contributed by atoms with van der Waals surface area (Å²) in [6.07, 6.45) is 1.85. The predicted octanol–water partition coefficient (Wildman–Crippen LogP) is 4.08. The fourth-order valence-electron chi connectivity index (χ4n) is 4.73. The van der Waals surface area contributed by atoms with Crippen LogP contribution >= 0.6 is 0 Å². The van der Waals surface area contributed by atoms with Crippen LogP contribution in [0, 0.1) is 0 Å². The van der Waals surface area contributed by atoms with Gasteiger partial charge in [0.05, 0.1) is 20.3 Å². The van der Waals surface area contributed by atoms with Gasteiger partial charge in [-0.2, -0.15) is 0 Å². The molecule has 1 aliphatic rings. The molecular formula is C27H29N5O2. The molecule has 2 heterocycles. The Morgan fingerprint density at radius 1 is 0.882 bits per heavy atom. The molecule has 0 radical (unpaired) electrons. The van der Waals surface area contributed by atoms with Crippen molar-refractivity contribution in [3.05, 3.63) is 101 Å². The molecule has 0 bridgehead atoms. The highest BCUT2D eigenvalue weighted by Crippen LogP contribution is 2.36. The minimum absolute atomic E-state index is 0.112. The van der Waals surface area contributed by atoms with Crippen molar-refractivity contribution in [3.8, 4) is 11.5 Å². The van der Waals surface area contributed by atoms with E-state index in [1.807, 2.05) is 22.9 Å². The van der Waals surface area contributed by atoms with Gasteiger partial charge in [0.1, 0.15) is 0 Å². The van der Waals surface area contributed by atoms with Gasteiger partial charge in [0.15, 0.2) is 17.3 Å². The summed E-state index contributed by atoms with van der Waals surface area (Å²) in [6.45, 7) is 2.46. The molecule has 4 aromatic rings. The fraction of sp³-hybridized carbons (Fsp3) is 0.296. The van der Waals surface area contributed by atoms with E-state index in [1.165, 1.54) is 16.7 Å². The van der Waals surface area contributed by atoms with E-state index >= 15 is 0 Å². The zero-order chi connectivity index (χ0) is 23.3. The van der Waals surface area contributed by atoms with Gasteiger partial charge in [0, 0.05) is 19.6 Å². The molecule has 0 saturated heterocycles. The fourth-order valence-corrected chi connectivity index (χ4v) is 4.73. The Labute approximate surface area is 199 Å². The minimum atomic E-state index is -0.112. The van der Waals surface area contributed by atoms with Crippen molar-refractivity contribution in [2.75, 3.05) is 20.8 Å². The largest absolute Gasteiger partial charge is 0.493 e. The average Bonchev–Trinajstić information content (AvgIpc) is 3.36. The molecule has 1 aromatic heterocycles. The zero-order valence-electron chi connectivity index (χ0n) is 19.6. The van der Waals surface area contributed by atoms with Gasteiger partial charge in [-0.3, -0.25) is 4.90 Å². The molecule has 0 aliphatic carbocycles. The van der Waals surface area contributed by atoms with Crippen LogP contribution in [0.3, 0.4) is 0 Å². The maximum absolute atomic E-state index is 5.62. The van der Waals surface area contributed by atoms with Gasteiger partial charge in [-0.15, -0.1) is 5.10 Å². The minimum Gasteiger partial charge on any atom is -0.493 e. The number of aromatic nitrogens is 4. The molecule has 1 atom stereocenters. The van der Waals surface area contributed by atoms with E-state index in [1.54, 1.807) is 14.2 Å². The van der Waals surface area contributed by atoms with Crippen LogP contribution in [-0.2, 0) is 25.9 Å². The third-order valence-electron chi connectivity index (χ3n) is 6.51. The number of nitrogens with zero attached hydrogens (tertiary/aromatic N) is 5. The first-order valence-corrected chi connectivity index (χ1v) is 11.6. The summed E-state index contributed by atoms with van der Waals surface area (Å²) in [4.78, 5) is 2.45. The molecule has 174 valence electrons. The molecule has 0 spiro atoms. The van der Waals surface area contributed by atoms with Gasteiger partial charge in [-0.05, 0) is 57.7 Å². The number of hydrogen-bond acceptors (Lipinski definition) is 6. The average molecular weight is 456 g/mol. The number of rotatable bonds is 8. The Bertz CT molecular complexity index is 1240. The van der Waals surface area contributed by atoms with Gasteiger partial charge in [-0.25, -0.2) is 4.68 Å². The second-order valence-corrected chi connectivity index (χ2v) is 8.50. The lowest BCUT2D eigenvalue weighted by atomic mass is 9.95.